The standard InChI is InChI=1S/C20H19N3O4S/c1-2-28(26,27)17-10-8-16(9-11-17)21-20(25)18-12-13-19(24)23(22-18)14-15-6-4-3-5-7-15/h3-13H,2,14H2,1H3,(H,21,25). The lowest BCUT2D eigenvalue weighted by Gasteiger charge is -2.09. The Hall–Kier alpha value is -3.26. The van der Waals surface area contributed by atoms with E-state index in [0.29, 0.717) is 5.69 Å². The highest BCUT2D eigenvalue weighted by molar-refractivity contribution is 7.91. The Morgan fingerprint density at radius 2 is 1.68 bits per heavy atom. The van der Waals surface area contributed by atoms with Gasteiger partial charge in [0.1, 0.15) is 5.69 Å². The highest BCUT2D eigenvalue weighted by Crippen LogP contribution is 2.15. The molecule has 7 nitrogen and oxygen atoms in total. The Labute approximate surface area is 162 Å². The lowest BCUT2D eigenvalue weighted by Crippen LogP contribution is -2.26. The minimum absolute atomic E-state index is 0.00554. The largest absolute Gasteiger partial charge is 0.321 e. The predicted octanol–water partition coefficient (Wildman–Crippen LogP) is 2.34. The number of rotatable bonds is 6. The number of hydrogen-bond acceptors (Lipinski definition) is 5. The van der Waals surface area contributed by atoms with Crippen molar-refractivity contribution in [1.82, 2.24) is 9.78 Å². The number of benzene rings is 2. The monoisotopic (exact) mass is 397 g/mol. The molecule has 0 radical (unpaired) electrons. The summed E-state index contributed by atoms with van der Waals surface area (Å²) < 4.78 is 24.9. The Balaban J connectivity index is 1.78. The Morgan fingerprint density at radius 1 is 1.00 bits per heavy atom. The molecule has 0 saturated carbocycles. The quantitative estimate of drug-likeness (QED) is 0.688. The molecule has 8 heteroatoms. The normalized spacial score (nSPS) is 11.2. The van der Waals surface area contributed by atoms with Gasteiger partial charge in [0.2, 0.25) is 0 Å². The van der Waals surface area contributed by atoms with Crippen LogP contribution in [-0.4, -0.2) is 29.9 Å². The van der Waals surface area contributed by atoms with E-state index in [0.717, 1.165) is 5.56 Å². The van der Waals surface area contributed by atoms with Crippen molar-refractivity contribution in [2.45, 2.75) is 18.4 Å². The van der Waals surface area contributed by atoms with Crippen LogP contribution in [0.3, 0.4) is 0 Å². The van der Waals surface area contributed by atoms with E-state index in [9.17, 15) is 18.0 Å². The van der Waals surface area contributed by atoms with Gasteiger partial charge in [-0.15, -0.1) is 0 Å². The van der Waals surface area contributed by atoms with Crippen LogP contribution in [0.15, 0.2) is 76.4 Å². The van der Waals surface area contributed by atoms with Crippen LogP contribution in [0.25, 0.3) is 0 Å². The molecule has 0 aliphatic heterocycles. The zero-order valence-corrected chi connectivity index (χ0v) is 16.0. The van der Waals surface area contributed by atoms with Crippen LogP contribution in [0.2, 0.25) is 0 Å². The van der Waals surface area contributed by atoms with Crippen molar-refractivity contribution in [3.63, 3.8) is 0 Å². The molecular formula is C20H19N3O4S. The molecule has 0 atom stereocenters. The van der Waals surface area contributed by atoms with Crippen LogP contribution in [0.5, 0.6) is 0 Å². The Bertz CT molecular complexity index is 1140. The predicted molar refractivity (Wildman–Crippen MR) is 106 cm³/mol. The molecule has 0 fully saturated rings. The van der Waals surface area contributed by atoms with Crippen LogP contribution >= 0.6 is 0 Å². The highest BCUT2D eigenvalue weighted by Gasteiger charge is 2.13. The zero-order valence-electron chi connectivity index (χ0n) is 15.2. The number of anilines is 1. The first-order chi connectivity index (χ1) is 13.4. The van der Waals surface area contributed by atoms with Crippen molar-refractivity contribution in [3.8, 4) is 0 Å². The number of aromatic nitrogens is 2. The molecule has 3 aromatic rings. The average molecular weight is 397 g/mol. The molecule has 144 valence electrons. The average Bonchev–Trinajstić information content (AvgIpc) is 2.71. The van der Waals surface area contributed by atoms with E-state index in [2.05, 4.69) is 10.4 Å². The molecule has 2 aromatic carbocycles. The van der Waals surface area contributed by atoms with E-state index in [1.807, 2.05) is 30.3 Å². The lowest BCUT2D eigenvalue weighted by atomic mass is 10.2. The summed E-state index contributed by atoms with van der Waals surface area (Å²) in [6.07, 6.45) is 0. The third-order valence-electron chi connectivity index (χ3n) is 4.13. The molecule has 0 aliphatic rings. The van der Waals surface area contributed by atoms with Crippen LogP contribution in [-0.2, 0) is 16.4 Å². The summed E-state index contributed by atoms with van der Waals surface area (Å²) in [5.74, 6) is -0.487. The van der Waals surface area contributed by atoms with E-state index < -0.39 is 15.7 Å². The van der Waals surface area contributed by atoms with Gasteiger partial charge in [-0.05, 0) is 35.9 Å². The summed E-state index contributed by atoms with van der Waals surface area (Å²) in [6, 6.07) is 17.9. The molecule has 1 N–H and O–H groups in total. The fourth-order valence-corrected chi connectivity index (χ4v) is 3.43. The lowest BCUT2D eigenvalue weighted by molar-refractivity contribution is 0.102. The summed E-state index contributed by atoms with van der Waals surface area (Å²) in [4.78, 5) is 24.7. The van der Waals surface area contributed by atoms with Gasteiger partial charge in [0, 0.05) is 11.8 Å². The fourth-order valence-electron chi connectivity index (χ4n) is 2.55. The minimum Gasteiger partial charge on any atom is -0.321 e. The number of carbonyl (C=O) groups is 1. The molecular weight excluding hydrogens is 378 g/mol. The molecule has 28 heavy (non-hydrogen) atoms. The number of nitrogens with one attached hydrogen (secondary N) is 1. The van der Waals surface area contributed by atoms with Gasteiger partial charge >= 0.3 is 0 Å². The number of sulfone groups is 1. The van der Waals surface area contributed by atoms with E-state index in [-0.39, 0.29) is 28.4 Å². The van der Waals surface area contributed by atoms with Crippen molar-refractivity contribution in [2.75, 3.05) is 11.1 Å². The van der Waals surface area contributed by atoms with Crippen LogP contribution in [0, 0.1) is 0 Å². The second-order valence-corrected chi connectivity index (χ2v) is 8.36. The van der Waals surface area contributed by atoms with Gasteiger partial charge in [-0.3, -0.25) is 9.59 Å². The molecule has 0 unspecified atom stereocenters. The summed E-state index contributed by atoms with van der Waals surface area (Å²) in [5.41, 5.74) is 1.10. The van der Waals surface area contributed by atoms with Crippen LogP contribution in [0.4, 0.5) is 5.69 Å². The number of carbonyl (C=O) groups excluding carboxylic acids is 1. The van der Waals surface area contributed by atoms with E-state index in [1.54, 1.807) is 6.92 Å². The zero-order chi connectivity index (χ0) is 20.1. The molecule has 0 saturated heterocycles. The van der Waals surface area contributed by atoms with Gasteiger partial charge < -0.3 is 5.32 Å². The minimum atomic E-state index is -3.30. The SMILES string of the molecule is CCS(=O)(=O)c1ccc(NC(=O)c2ccc(=O)n(Cc3ccccc3)n2)cc1. The molecule has 1 amide bonds. The van der Waals surface area contributed by atoms with Crippen molar-refractivity contribution < 1.29 is 13.2 Å². The first-order valence-corrected chi connectivity index (χ1v) is 10.3. The third-order valence-corrected chi connectivity index (χ3v) is 5.88. The van der Waals surface area contributed by atoms with Crippen molar-refractivity contribution in [3.05, 3.63) is 88.3 Å². The van der Waals surface area contributed by atoms with E-state index in [1.165, 1.54) is 41.1 Å². The molecule has 0 aliphatic carbocycles. The van der Waals surface area contributed by atoms with Gasteiger partial charge in [0.25, 0.3) is 11.5 Å². The first kappa shape index (κ1) is 19.5. The van der Waals surface area contributed by atoms with E-state index in [4.69, 9.17) is 0 Å². The van der Waals surface area contributed by atoms with E-state index >= 15 is 0 Å². The second kappa shape index (κ2) is 8.18. The van der Waals surface area contributed by atoms with Gasteiger partial charge in [0.05, 0.1) is 17.2 Å². The maximum Gasteiger partial charge on any atom is 0.276 e. The van der Waals surface area contributed by atoms with Crippen molar-refractivity contribution in [2.24, 2.45) is 0 Å². The van der Waals surface area contributed by atoms with Gasteiger partial charge in [-0.2, -0.15) is 5.10 Å². The number of amides is 1. The summed E-state index contributed by atoms with van der Waals surface area (Å²) >= 11 is 0. The maximum absolute atomic E-state index is 12.5. The smallest absolute Gasteiger partial charge is 0.276 e. The number of nitrogens with zero attached hydrogens (tertiary/aromatic N) is 2. The summed E-state index contributed by atoms with van der Waals surface area (Å²) in [6.45, 7) is 1.82. The molecule has 0 spiro atoms. The Kier molecular flexibility index (Phi) is 5.70. The van der Waals surface area contributed by atoms with Crippen molar-refractivity contribution in [1.29, 1.82) is 0 Å². The van der Waals surface area contributed by atoms with Gasteiger partial charge in [0.15, 0.2) is 9.84 Å². The second-order valence-electron chi connectivity index (χ2n) is 6.08. The first-order valence-electron chi connectivity index (χ1n) is 8.65. The van der Waals surface area contributed by atoms with Crippen LogP contribution < -0.4 is 10.9 Å². The molecule has 0 bridgehead atoms. The maximum atomic E-state index is 12.5. The Morgan fingerprint density at radius 3 is 2.32 bits per heavy atom. The van der Waals surface area contributed by atoms with Gasteiger partial charge in [-0.1, -0.05) is 37.3 Å². The topological polar surface area (TPSA) is 98.1 Å². The fraction of sp³-hybridized carbons (Fsp3) is 0.150. The molecule has 1 heterocycles. The summed E-state index contributed by atoms with van der Waals surface area (Å²) in [7, 11) is -3.30. The summed E-state index contributed by atoms with van der Waals surface area (Å²) in [5, 5.41) is 6.78. The highest BCUT2D eigenvalue weighted by atomic mass is 32.2. The van der Waals surface area contributed by atoms with Crippen molar-refractivity contribution >= 4 is 21.4 Å². The third kappa shape index (κ3) is 4.52. The molecule has 1 aromatic heterocycles. The number of hydrogen-bond donors (Lipinski definition) is 1. The van der Waals surface area contributed by atoms with Crippen LogP contribution in [0.1, 0.15) is 23.0 Å². The van der Waals surface area contributed by atoms with Gasteiger partial charge in [-0.25, -0.2) is 13.1 Å². The molecule has 3 rings (SSSR count).